The van der Waals surface area contributed by atoms with Crippen LogP contribution in [0.1, 0.15) is 64.4 Å². The number of anilines is 3. The predicted molar refractivity (Wildman–Crippen MR) is 218 cm³/mol. The zero-order valence-corrected chi connectivity index (χ0v) is 32.8. The number of fused-ring (bicyclic) bond motifs is 2. The Labute approximate surface area is 344 Å². The van der Waals surface area contributed by atoms with E-state index in [1.807, 2.05) is 45.8 Å². The van der Waals surface area contributed by atoms with Gasteiger partial charge in [0.25, 0.3) is 11.8 Å². The number of imide groups is 2. The number of hydrogen-bond donors (Lipinski definition) is 2. The molecule has 1 unspecified atom stereocenters. The Morgan fingerprint density at radius 1 is 0.867 bits per heavy atom. The van der Waals surface area contributed by atoms with Crippen LogP contribution < -0.4 is 20.4 Å². The second kappa shape index (κ2) is 16.5. The average Bonchev–Trinajstić information content (AvgIpc) is 3.99. The summed E-state index contributed by atoms with van der Waals surface area (Å²) in [6.07, 6.45) is 4.02. The first-order valence-electron chi connectivity index (χ1n) is 20.3. The lowest BCUT2D eigenvalue weighted by molar-refractivity contribution is -0.136. The molecule has 5 amide bonds. The Morgan fingerprint density at radius 3 is 2.53 bits per heavy atom. The number of ether oxygens (including phenoxy) is 1. The molecule has 0 spiro atoms. The molecule has 5 aromatic rings. The third-order valence-corrected chi connectivity index (χ3v) is 11.6. The number of nitrogens with one attached hydrogen (secondary N) is 2. The fraction of sp³-hybridized carbons (Fsp3) is 0.349. The van der Waals surface area contributed by atoms with Crippen molar-refractivity contribution >= 4 is 52.5 Å². The molecule has 3 aromatic heterocycles. The number of piperazine rings is 1. The van der Waals surface area contributed by atoms with Crippen LogP contribution in [-0.4, -0.2) is 117 Å². The molecular weight excluding hydrogens is 772 g/mol. The molecule has 9 rings (SSSR count). The molecule has 4 aliphatic rings. The van der Waals surface area contributed by atoms with E-state index in [9.17, 15) is 28.4 Å². The highest BCUT2D eigenvalue weighted by Gasteiger charge is 2.45. The maximum atomic E-state index is 14.1. The molecule has 16 nitrogen and oxygen atoms in total. The summed E-state index contributed by atoms with van der Waals surface area (Å²) < 4.78 is 21.7. The van der Waals surface area contributed by atoms with E-state index in [-0.39, 0.29) is 61.4 Å². The zero-order valence-electron chi connectivity index (χ0n) is 32.8. The number of piperidine rings is 1. The first-order chi connectivity index (χ1) is 29.2. The van der Waals surface area contributed by atoms with Gasteiger partial charge in [0.1, 0.15) is 29.2 Å². The van der Waals surface area contributed by atoms with E-state index in [2.05, 4.69) is 25.4 Å². The van der Waals surface area contributed by atoms with Crippen molar-refractivity contribution in [1.82, 2.24) is 34.7 Å². The predicted octanol–water partition coefficient (Wildman–Crippen LogP) is 3.84. The van der Waals surface area contributed by atoms with Crippen LogP contribution in [0.4, 0.5) is 21.7 Å². The molecule has 0 aliphatic carbocycles. The van der Waals surface area contributed by atoms with E-state index in [0.717, 1.165) is 52.9 Å². The van der Waals surface area contributed by atoms with Gasteiger partial charge in [-0.25, -0.2) is 18.9 Å². The molecule has 2 atom stereocenters. The fourth-order valence-electron chi connectivity index (χ4n) is 8.56. The number of aromatic nitrogens is 4. The van der Waals surface area contributed by atoms with Crippen molar-refractivity contribution in [2.24, 2.45) is 0 Å². The van der Waals surface area contributed by atoms with Gasteiger partial charge < -0.3 is 24.8 Å². The third-order valence-electron chi connectivity index (χ3n) is 11.6. The Kier molecular flexibility index (Phi) is 10.6. The second-order valence-corrected chi connectivity index (χ2v) is 15.2. The van der Waals surface area contributed by atoms with Crippen LogP contribution in [0, 0.1) is 5.82 Å². The Bertz CT molecular complexity index is 2500. The van der Waals surface area contributed by atoms with E-state index in [1.54, 1.807) is 36.5 Å². The van der Waals surface area contributed by atoms with Crippen LogP contribution in [0.15, 0.2) is 79.0 Å². The number of imidazole rings is 1. The summed E-state index contributed by atoms with van der Waals surface area (Å²) in [6, 6.07) is 20.4. The number of pyridine rings is 1. The fourth-order valence-corrected chi connectivity index (χ4v) is 8.56. The lowest BCUT2D eigenvalue weighted by Crippen LogP contribution is -2.54. The van der Waals surface area contributed by atoms with E-state index < -0.39 is 29.7 Å². The summed E-state index contributed by atoms with van der Waals surface area (Å²) in [6.45, 7) is 3.91. The molecule has 2 N–H and O–H groups in total. The summed E-state index contributed by atoms with van der Waals surface area (Å²) in [5.41, 5.74) is 3.93. The molecule has 0 radical (unpaired) electrons. The number of halogens is 1. The van der Waals surface area contributed by atoms with Crippen molar-refractivity contribution in [3.05, 3.63) is 102 Å². The van der Waals surface area contributed by atoms with E-state index >= 15 is 0 Å². The summed E-state index contributed by atoms with van der Waals surface area (Å²) in [7, 11) is 0. The van der Waals surface area contributed by atoms with Crippen molar-refractivity contribution in [3.8, 4) is 11.4 Å². The summed E-state index contributed by atoms with van der Waals surface area (Å²) in [5.74, 6) is -0.906. The van der Waals surface area contributed by atoms with Gasteiger partial charge in [-0.05, 0) is 73.4 Å². The van der Waals surface area contributed by atoms with Crippen LogP contribution in [0.25, 0.3) is 17.0 Å². The van der Waals surface area contributed by atoms with E-state index in [4.69, 9.17) is 14.8 Å². The van der Waals surface area contributed by atoms with Crippen molar-refractivity contribution < 1.29 is 33.1 Å². The number of rotatable bonds is 12. The molecule has 7 heterocycles. The lowest BCUT2D eigenvalue weighted by atomic mass is 10.0. The SMILES string of the molecule is O=C1CCC(N2C(=O)c3cccc(NCCOCCC(=O)N4CCN(c5cccc(-c6cnc7ccc(N8CCC[C@@H]8c8cccc(F)c8)nn67)n5)CC4)c3C2=O)C(=O)N1. The number of nitrogens with zero attached hydrogens (tertiary/aromatic N) is 8. The topological polar surface area (TPSA) is 175 Å². The highest BCUT2D eigenvalue weighted by Crippen LogP contribution is 2.36. The van der Waals surface area contributed by atoms with Gasteiger partial charge in [-0.15, -0.1) is 5.10 Å². The number of amides is 5. The molecule has 60 heavy (non-hydrogen) atoms. The van der Waals surface area contributed by atoms with Crippen LogP contribution in [0.2, 0.25) is 0 Å². The standard InChI is InChI=1S/C43H43FN10O6/c44-28-6-1-5-27(25-28)32-10-4-18-52(32)37-14-13-35-46-26-34(54(35)49-37)30-8-3-11-36(47-30)50-19-21-51(22-20-50)39(56)16-23-60-24-17-45-31-9-2-7-29-40(31)43(59)53(42(29)58)33-12-15-38(55)48-41(33)57/h1-3,5-9,11,13-14,25-26,32-33,45H,4,10,12,15-24H2,(H,48,55,57)/t32-,33?/m1/s1. The Hall–Kier alpha value is -6.75. The van der Waals surface area contributed by atoms with Gasteiger partial charge in [-0.2, -0.15) is 0 Å². The number of carbonyl (C=O) groups excluding carboxylic acids is 5. The van der Waals surface area contributed by atoms with Crippen molar-refractivity contribution in [2.45, 2.75) is 44.2 Å². The van der Waals surface area contributed by atoms with E-state index in [0.29, 0.717) is 44.1 Å². The largest absolute Gasteiger partial charge is 0.382 e. The van der Waals surface area contributed by atoms with Crippen LogP contribution in [0.3, 0.4) is 0 Å². The number of benzene rings is 2. The molecule has 308 valence electrons. The minimum Gasteiger partial charge on any atom is -0.382 e. The van der Waals surface area contributed by atoms with Gasteiger partial charge in [-0.1, -0.05) is 24.3 Å². The van der Waals surface area contributed by atoms with Gasteiger partial charge in [-0.3, -0.25) is 34.2 Å². The normalized spacial score (nSPS) is 19.4. The van der Waals surface area contributed by atoms with E-state index in [1.165, 1.54) is 6.07 Å². The molecule has 3 saturated heterocycles. The van der Waals surface area contributed by atoms with Crippen LogP contribution in [0.5, 0.6) is 0 Å². The summed E-state index contributed by atoms with van der Waals surface area (Å²) in [4.78, 5) is 80.3. The minimum absolute atomic E-state index is 0.00639. The van der Waals surface area contributed by atoms with Gasteiger partial charge in [0.2, 0.25) is 17.7 Å². The quantitative estimate of drug-likeness (QED) is 0.138. The number of hydrogen-bond acceptors (Lipinski definition) is 12. The highest BCUT2D eigenvalue weighted by molar-refractivity contribution is 6.25. The van der Waals surface area contributed by atoms with Crippen LogP contribution >= 0.6 is 0 Å². The molecule has 0 saturated carbocycles. The van der Waals surface area contributed by atoms with Gasteiger partial charge in [0, 0.05) is 51.4 Å². The second-order valence-electron chi connectivity index (χ2n) is 15.2. The monoisotopic (exact) mass is 814 g/mol. The molecule has 3 fully saturated rings. The van der Waals surface area contributed by atoms with Gasteiger partial charge in [0.05, 0.1) is 48.7 Å². The average molecular weight is 815 g/mol. The van der Waals surface area contributed by atoms with Gasteiger partial charge >= 0.3 is 0 Å². The molecule has 2 aromatic carbocycles. The van der Waals surface area contributed by atoms with Crippen molar-refractivity contribution in [2.75, 3.05) is 67.6 Å². The maximum absolute atomic E-state index is 14.1. The molecule has 0 bridgehead atoms. The smallest absolute Gasteiger partial charge is 0.264 e. The number of carbonyl (C=O) groups is 5. The first-order valence-corrected chi connectivity index (χ1v) is 20.3. The minimum atomic E-state index is -1.04. The van der Waals surface area contributed by atoms with Crippen molar-refractivity contribution in [3.63, 3.8) is 0 Å². The summed E-state index contributed by atoms with van der Waals surface area (Å²) in [5, 5.41) is 10.3. The Balaban J connectivity index is 0.753. The zero-order chi connectivity index (χ0) is 41.3. The molecule has 4 aliphatic heterocycles. The molecule has 17 heteroatoms. The Morgan fingerprint density at radius 2 is 1.70 bits per heavy atom. The maximum Gasteiger partial charge on any atom is 0.264 e. The highest BCUT2D eigenvalue weighted by atomic mass is 19.1. The molecular formula is C43H43FN10O6. The van der Waals surface area contributed by atoms with Gasteiger partial charge in [0.15, 0.2) is 5.65 Å². The van der Waals surface area contributed by atoms with Crippen molar-refractivity contribution in [1.29, 1.82) is 0 Å². The summed E-state index contributed by atoms with van der Waals surface area (Å²) >= 11 is 0. The van der Waals surface area contributed by atoms with Crippen LogP contribution in [-0.2, 0) is 19.1 Å². The lowest BCUT2D eigenvalue weighted by Gasteiger charge is -2.35. The first kappa shape index (κ1) is 38.8. The third kappa shape index (κ3) is 7.51.